The minimum atomic E-state index is -5.03. The lowest BCUT2D eigenvalue weighted by Crippen LogP contribution is -2.09. The van der Waals surface area contributed by atoms with Gasteiger partial charge in [0.25, 0.3) is 0 Å². The molecule has 0 unspecified atom stereocenters. The van der Waals surface area contributed by atoms with Gasteiger partial charge in [-0.1, -0.05) is 115 Å². The first-order valence-electron chi connectivity index (χ1n) is 25.8. The second kappa shape index (κ2) is 20.9. The molecule has 0 aliphatic carbocycles. The summed E-state index contributed by atoms with van der Waals surface area (Å²) in [5.74, 6) is 0. The van der Waals surface area contributed by atoms with Gasteiger partial charge < -0.3 is 9.13 Å². The van der Waals surface area contributed by atoms with Crippen LogP contribution in [0.4, 0.5) is 53.0 Å². The van der Waals surface area contributed by atoms with E-state index in [2.05, 4.69) is 52.1 Å². The van der Waals surface area contributed by atoms with Gasteiger partial charge in [0.05, 0.1) is 103 Å². The Hall–Kier alpha value is -13.5. The number of rotatable bonds is 7. The minimum absolute atomic E-state index is 0.0846. The third kappa shape index (κ3) is 8.55. The SMILES string of the molecule is [C-]#[N+]c1ccc(-c2ccc3c4ccc(-c5ccc(C#N)cc5[N+]#[C-])cc4n(-c4ccc(-c5c([N+]#[C-])cccc5C(F)(F)F)c(-n5c6cc(-c7ccc(C#N)cc7[N+]#[C-])ccc6c6ccc(-c7ccc([N+]#[C-])cc7[N+]#[C-])cc65)c4[N+]#[C-])c3c2)c(C#N)c1. The summed E-state index contributed by atoms with van der Waals surface area (Å²) in [5.41, 5.74) is 4.94. The monoisotopic (exact) mass is 1110 g/mol. The zero-order valence-electron chi connectivity index (χ0n) is 44.2. The van der Waals surface area contributed by atoms with E-state index in [0.717, 1.165) is 12.1 Å². The van der Waals surface area contributed by atoms with Gasteiger partial charge in [-0.25, -0.2) is 33.9 Å². The van der Waals surface area contributed by atoms with Gasteiger partial charge in [0.15, 0.2) is 34.1 Å². The van der Waals surface area contributed by atoms with E-state index in [1.165, 1.54) is 42.5 Å². The largest absolute Gasteiger partial charge is 0.415 e. The average Bonchev–Trinajstić information content (AvgIpc) is 1.91. The van der Waals surface area contributed by atoms with Crippen LogP contribution in [0.2, 0.25) is 0 Å². The normalized spacial score (nSPS) is 10.8. The Kier molecular flexibility index (Phi) is 12.9. The van der Waals surface area contributed by atoms with Crippen LogP contribution in [0, 0.1) is 80.0 Å². The standard InChI is InChI=1S/C71H29F3N12/c1-78-47-17-25-49(46(31-47)39-77)42-13-21-53-54-22-14-43(50-19-11-40(37-75)29-60(50)81-4)33-65(54)85(64(53)32-42)63-28-27-57(68-58(71(72,73)74)9-8-10-59(68)80-3)70(69(63)84-7)86-66-34-44(51-20-12-41(38-76)30-61(51)82-5)15-23-55(66)56-24-16-45(35-67(56)86)52-26-18-48(79-2)36-62(52)83-6/h8-36H. The summed E-state index contributed by atoms with van der Waals surface area (Å²) >= 11 is 0. The Bertz CT molecular complexity index is 5230. The van der Waals surface area contributed by atoms with Crippen LogP contribution in [0.15, 0.2) is 176 Å². The summed E-state index contributed by atoms with van der Waals surface area (Å²) in [6, 6.07) is 53.2. The third-order valence-corrected chi connectivity index (χ3v) is 15.2. The number of hydrogen-bond acceptors (Lipinski definition) is 3. The average molecular weight is 1110 g/mol. The van der Waals surface area contributed by atoms with Crippen LogP contribution in [0.3, 0.4) is 0 Å². The molecule has 0 N–H and O–H groups in total. The van der Waals surface area contributed by atoms with Crippen LogP contribution in [-0.2, 0) is 6.18 Å². The number of nitriles is 3. The summed E-state index contributed by atoms with van der Waals surface area (Å²) < 4.78 is 50.9. The second-order valence-corrected chi connectivity index (χ2v) is 19.6. The summed E-state index contributed by atoms with van der Waals surface area (Å²) in [6.07, 6.45) is -5.03. The molecule has 12 rings (SSSR count). The number of fused-ring (bicyclic) bond motifs is 6. The number of halogens is 3. The summed E-state index contributed by atoms with van der Waals surface area (Å²) in [5, 5.41) is 32.5. The highest BCUT2D eigenvalue weighted by molar-refractivity contribution is 6.15. The Morgan fingerprint density at radius 1 is 0.372 bits per heavy atom. The molecule has 86 heavy (non-hydrogen) atoms. The molecule has 2 heterocycles. The van der Waals surface area contributed by atoms with Gasteiger partial charge in [-0.2, -0.15) is 29.0 Å². The van der Waals surface area contributed by atoms with E-state index in [9.17, 15) is 22.4 Å². The van der Waals surface area contributed by atoms with E-state index in [0.29, 0.717) is 88.1 Å². The van der Waals surface area contributed by atoms with Crippen molar-refractivity contribution in [1.29, 1.82) is 15.8 Å². The first kappa shape index (κ1) is 53.1. The molecule has 15 heteroatoms. The predicted molar refractivity (Wildman–Crippen MR) is 325 cm³/mol. The van der Waals surface area contributed by atoms with Crippen molar-refractivity contribution in [3.05, 3.63) is 278 Å². The van der Waals surface area contributed by atoms with Gasteiger partial charge in [-0.3, -0.25) is 0 Å². The van der Waals surface area contributed by atoms with E-state index in [4.69, 9.17) is 39.4 Å². The molecule has 0 atom stereocenters. The quantitative estimate of drug-likeness (QED) is 0.148. The fraction of sp³-hybridized carbons (Fsp3) is 0.0141. The highest BCUT2D eigenvalue weighted by atomic mass is 19.4. The topological polar surface area (TPSA) is 112 Å². The van der Waals surface area contributed by atoms with E-state index in [1.54, 1.807) is 94.1 Å². The molecule has 0 amide bonds. The second-order valence-electron chi connectivity index (χ2n) is 19.6. The summed E-state index contributed by atoms with van der Waals surface area (Å²) in [4.78, 5) is 26.3. The van der Waals surface area contributed by atoms with Gasteiger partial charge in [-0.15, -0.1) is 0 Å². The lowest BCUT2D eigenvalue weighted by molar-refractivity contribution is -0.137. The fourth-order valence-electron chi connectivity index (χ4n) is 11.4. The fourth-order valence-corrected chi connectivity index (χ4v) is 11.4. The molecule has 12 nitrogen and oxygen atoms in total. The molecular weight excluding hydrogens is 1080 g/mol. The Morgan fingerprint density at radius 2 is 0.802 bits per heavy atom. The number of alkyl halides is 3. The molecule has 0 saturated carbocycles. The Balaban J connectivity index is 1.29. The summed E-state index contributed by atoms with van der Waals surface area (Å²) in [6.45, 7) is 57.6. The smallest absolute Gasteiger partial charge is 0.319 e. The zero-order chi connectivity index (χ0) is 60.1. The van der Waals surface area contributed by atoms with E-state index >= 15 is 13.2 Å². The maximum Gasteiger partial charge on any atom is 0.415 e. The molecule has 0 saturated heterocycles. The highest BCUT2D eigenvalue weighted by Gasteiger charge is 2.37. The van der Waals surface area contributed by atoms with E-state index in [1.807, 2.05) is 36.4 Å². The maximum absolute atomic E-state index is 15.8. The van der Waals surface area contributed by atoms with Gasteiger partial charge in [0.2, 0.25) is 5.69 Å². The van der Waals surface area contributed by atoms with E-state index < -0.39 is 17.3 Å². The Labute approximate surface area is 488 Å². The van der Waals surface area contributed by atoms with Crippen molar-refractivity contribution in [2.45, 2.75) is 6.18 Å². The Morgan fingerprint density at radius 3 is 1.24 bits per heavy atom. The number of benzene rings is 10. The molecule has 0 bridgehead atoms. The lowest BCUT2D eigenvalue weighted by Gasteiger charge is -2.23. The van der Waals surface area contributed by atoms with Crippen molar-refractivity contribution in [2.75, 3.05) is 0 Å². The van der Waals surface area contributed by atoms with Crippen molar-refractivity contribution in [1.82, 2.24) is 9.13 Å². The molecule has 2 aromatic heterocycles. The summed E-state index contributed by atoms with van der Waals surface area (Å²) in [7, 11) is 0. The van der Waals surface area contributed by atoms with E-state index in [-0.39, 0.29) is 73.4 Å². The van der Waals surface area contributed by atoms with Crippen LogP contribution in [0.1, 0.15) is 22.3 Å². The van der Waals surface area contributed by atoms with Crippen molar-refractivity contribution in [3.8, 4) is 85.2 Å². The minimum Gasteiger partial charge on any atom is -0.319 e. The molecule has 0 spiro atoms. The third-order valence-electron chi connectivity index (χ3n) is 15.2. The van der Waals surface area contributed by atoms with Crippen LogP contribution >= 0.6 is 0 Å². The molecule has 394 valence electrons. The van der Waals surface area contributed by atoms with Crippen LogP contribution in [0.5, 0.6) is 0 Å². The van der Waals surface area contributed by atoms with Gasteiger partial charge in [-0.05, 0) is 111 Å². The molecule has 0 fully saturated rings. The number of aromatic nitrogens is 2. The molecule has 0 aliphatic rings. The van der Waals surface area contributed by atoms with Crippen molar-refractivity contribution >= 4 is 83.4 Å². The van der Waals surface area contributed by atoms with Crippen LogP contribution in [-0.4, -0.2) is 9.13 Å². The molecule has 10 aromatic carbocycles. The number of hydrogen-bond donors (Lipinski definition) is 0. The first-order valence-corrected chi connectivity index (χ1v) is 25.8. The molecule has 0 radical (unpaired) electrons. The maximum atomic E-state index is 15.8. The predicted octanol–water partition coefficient (Wildman–Crippen LogP) is 20.7. The number of nitrogens with zero attached hydrogens (tertiary/aromatic N) is 12. The molecule has 0 aliphatic heterocycles. The van der Waals surface area contributed by atoms with Crippen molar-refractivity contribution < 1.29 is 13.2 Å². The van der Waals surface area contributed by atoms with Crippen LogP contribution in [0.25, 0.3) is 145 Å². The van der Waals surface area contributed by atoms with Gasteiger partial charge >= 0.3 is 6.18 Å². The first-order chi connectivity index (χ1) is 41.8. The van der Waals surface area contributed by atoms with Crippen LogP contribution < -0.4 is 0 Å². The zero-order valence-corrected chi connectivity index (χ0v) is 44.2. The van der Waals surface area contributed by atoms with Gasteiger partial charge in [0.1, 0.15) is 0 Å². The molecule has 12 aromatic rings. The van der Waals surface area contributed by atoms with Crippen molar-refractivity contribution in [3.63, 3.8) is 0 Å². The van der Waals surface area contributed by atoms with Crippen molar-refractivity contribution in [2.24, 2.45) is 0 Å². The highest BCUT2D eigenvalue weighted by Crippen LogP contribution is 2.52. The molecular formula is C71H29F3N12. The lowest BCUT2D eigenvalue weighted by atomic mass is 9.94. The van der Waals surface area contributed by atoms with Gasteiger partial charge in [0, 0.05) is 43.8 Å².